The van der Waals surface area contributed by atoms with E-state index >= 15 is 0 Å². The maximum Gasteiger partial charge on any atom is 0.311 e. The van der Waals surface area contributed by atoms with E-state index in [1.807, 2.05) is 13.8 Å². The molecule has 5 nitrogen and oxygen atoms in total. The molecule has 0 radical (unpaired) electrons. The summed E-state index contributed by atoms with van der Waals surface area (Å²) in [7, 11) is 0. The first-order valence-electron chi connectivity index (χ1n) is 5.82. The zero-order valence-corrected chi connectivity index (χ0v) is 10.9. The molecule has 1 heterocycles. The fourth-order valence-corrected chi connectivity index (χ4v) is 2.97. The van der Waals surface area contributed by atoms with Crippen molar-refractivity contribution in [1.82, 2.24) is 10.2 Å². The lowest BCUT2D eigenvalue weighted by atomic mass is 9.72. The number of anilines is 1. The average molecular weight is 255 g/mol. The van der Waals surface area contributed by atoms with Crippen molar-refractivity contribution >= 4 is 22.4 Å². The first-order valence-corrected chi connectivity index (χ1v) is 6.64. The molecule has 2 rings (SSSR count). The van der Waals surface area contributed by atoms with E-state index in [0.717, 1.165) is 35.8 Å². The van der Waals surface area contributed by atoms with Crippen LogP contribution >= 0.6 is 11.3 Å². The van der Waals surface area contributed by atoms with E-state index in [4.69, 9.17) is 0 Å². The second-order valence-corrected chi connectivity index (χ2v) is 5.97. The Labute approximate surface area is 104 Å². The van der Waals surface area contributed by atoms with E-state index < -0.39 is 11.4 Å². The Bertz CT molecular complexity index is 421. The Balaban J connectivity index is 2.14. The smallest absolute Gasteiger partial charge is 0.311 e. The molecule has 0 bridgehead atoms. The number of hydrogen-bond acceptors (Lipinski definition) is 5. The van der Waals surface area contributed by atoms with Gasteiger partial charge in [0.2, 0.25) is 5.13 Å². The van der Waals surface area contributed by atoms with E-state index in [9.17, 15) is 9.90 Å². The van der Waals surface area contributed by atoms with Crippen LogP contribution in [0.3, 0.4) is 0 Å². The number of carboxylic acid groups (broad SMARTS) is 1. The van der Waals surface area contributed by atoms with Gasteiger partial charge in [-0.2, -0.15) is 0 Å². The van der Waals surface area contributed by atoms with Crippen LogP contribution in [0.2, 0.25) is 0 Å². The van der Waals surface area contributed by atoms with Crippen LogP contribution in [0.1, 0.15) is 37.6 Å². The lowest BCUT2D eigenvalue weighted by Gasteiger charge is -2.38. The Morgan fingerprint density at radius 2 is 2.29 bits per heavy atom. The standard InChI is InChI=1S/C11H17N3O2S/c1-7-13-14-10(17-7)12-8-5-3-4-6-11(8,2)9(15)16/h8H,3-6H2,1-2H3,(H,12,14)(H,15,16). The van der Waals surface area contributed by atoms with Crippen LogP contribution in [-0.4, -0.2) is 27.3 Å². The average Bonchev–Trinajstić information content (AvgIpc) is 2.67. The SMILES string of the molecule is Cc1nnc(NC2CCCCC2(C)C(=O)O)s1. The highest BCUT2D eigenvalue weighted by Crippen LogP contribution is 2.38. The zero-order valence-electron chi connectivity index (χ0n) is 10.1. The molecule has 0 aromatic carbocycles. The third kappa shape index (κ3) is 2.41. The summed E-state index contributed by atoms with van der Waals surface area (Å²) >= 11 is 1.47. The molecule has 1 saturated carbocycles. The predicted molar refractivity (Wildman–Crippen MR) is 66.3 cm³/mol. The van der Waals surface area contributed by atoms with E-state index in [-0.39, 0.29) is 6.04 Å². The quantitative estimate of drug-likeness (QED) is 0.866. The van der Waals surface area contributed by atoms with Gasteiger partial charge in [-0.25, -0.2) is 0 Å². The molecule has 1 fully saturated rings. The van der Waals surface area contributed by atoms with Crippen molar-refractivity contribution in [2.45, 2.75) is 45.6 Å². The highest BCUT2D eigenvalue weighted by atomic mass is 32.1. The predicted octanol–water partition coefficient (Wildman–Crippen LogP) is 2.29. The first kappa shape index (κ1) is 12.3. The molecule has 1 aromatic rings. The Hall–Kier alpha value is -1.17. The van der Waals surface area contributed by atoms with Crippen molar-refractivity contribution < 1.29 is 9.90 Å². The van der Waals surface area contributed by atoms with Gasteiger partial charge in [0.1, 0.15) is 5.01 Å². The van der Waals surface area contributed by atoms with Crippen LogP contribution in [0.15, 0.2) is 0 Å². The van der Waals surface area contributed by atoms with Crippen LogP contribution < -0.4 is 5.32 Å². The largest absolute Gasteiger partial charge is 0.481 e. The van der Waals surface area contributed by atoms with Crippen LogP contribution in [0, 0.1) is 12.3 Å². The number of nitrogens with one attached hydrogen (secondary N) is 1. The minimum absolute atomic E-state index is 0.0545. The van der Waals surface area contributed by atoms with Crippen molar-refractivity contribution in [3.8, 4) is 0 Å². The van der Waals surface area contributed by atoms with Crippen LogP contribution in [0.25, 0.3) is 0 Å². The van der Waals surface area contributed by atoms with Crippen LogP contribution in [0.5, 0.6) is 0 Å². The number of nitrogens with zero attached hydrogens (tertiary/aromatic N) is 2. The molecular formula is C11H17N3O2S. The van der Waals surface area contributed by atoms with Gasteiger partial charge in [0.05, 0.1) is 5.41 Å². The summed E-state index contributed by atoms with van der Waals surface area (Å²) < 4.78 is 0. The van der Waals surface area contributed by atoms with Gasteiger partial charge in [0.15, 0.2) is 0 Å². The summed E-state index contributed by atoms with van der Waals surface area (Å²) in [6.45, 7) is 3.71. The van der Waals surface area contributed by atoms with Crippen molar-refractivity contribution in [2.75, 3.05) is 5.32 Å². The number of rotatable bonds is 3. The maximum atomic E-state index is 11.4. The maximum absolute atomic E-state index is 11.4. The monoisotopic (exact) mass is 255 g/mol. The molecule has 2 atom stereocenters. The van der Waals surface area contributed by atoms with E-state index in [2.05, 4.69) is 15.5 Å². The van der Waals surface area contributed by atoms with Crippen molar-refractivity contribution in [3.63, 3.8) is 0 Å². The third-order valence-electron chi connectivity index (χ3n) is 3.52. The normalized spacial score (nSPS) is 28.9. The third-order valence-corrected chi connectivity index (χ3v) is 4.29. The summed E-state index contributed by atoms with van der Waals surface area (Å²) in [5.41, 5.74) is -0.697. The molecule has 1 aliphatic carbocycles. The molecule has 1 aromatic heterocycles. The number of aryl methyl sites for hydroxylation is 1. The summed E-state index contributed by atoms with van der Waals surface area (Å²) in [6.07, 6.45) is 3.65. The number of hydrogen-bond donors (Lipinski definition) is 2. The number of aliphatic carboxylic acids is 1. The second-order valence-electron chi connectivity index (χ2n) is 4.79. The highest BCUT2D eigenvalue weighted by molar-refractivity contribution is 7.15. The van der Waals surface area contributed by atoms with Crippen LogP contribution in [-0.2, 0) is 4.79 Å². The summed E-state index contributed by atoms with van der Waals surface area (Å²) in [6, 6.07) is -0.0545. The van der Waals surface area contributed by atoms with Gasteiger partial charge in [0.25, 0.3) is 0 Å². The van der Waals surface area contributed by atoms with Gasteiger partial charge in [-0.1, -0.05) is 24.2 Å². The van der Waals surface area contributed by atoms with Crippen molar-refractivity contribution in [3.05, 3.63) is 5.01 Å². The minimum Gasteiger partial charge on any atom is -0.481 e. The molecule has 17 heavy (non-hydrogen) atoms. The molecule has 0 saturated heterocycles. The number of carboxylic acids is 1. The zero-order chi connectivity index (χ0) is 12.5. The molecule has 1 aliphatic rings. The number of aromatic nitrogens is 2. The van der Waals surface area contributed by atoms with Crippen LogP contribution in [0.4, 0.5) is 5.13 Å². The molecule has 2 N–H and O–H groups in total. The van der Waals surface area contributed by atoms with Gasteiger partial charge in [0, 0.05) is 6.04 Å². The molecule has 0 aliphatic heterocycles. The van der Waals surface area contributed by atoms with Gasteiger partial charge in [-0.3, -0.25) is 4.79 Å². The lowest BCUT2D eigenvalue weighted by Crippen LogP contribution is -2.46. The minimum atomic E-state index is -0.726. The molecule has 0 spiro atoms. The summed E-state index contributed by atoms with van der Waals surface area (Å²) in [5, 5.41) is 22.2. The summed E-state index contributed by atoms with van der Waals surface area (Å²) in [5.74, 6) is -0.726. The van der Waals surface area contributed by atoms with Gasteiger partial charge < -0.3 is 10.4 Å². The van der Waals surface area contributed by atoms with Gasteiger partial charge in [-0.15, -0.1) is 10.2 Å². The molecule has 6 heteroatoms. The Kier molecular flexibility index (Phi) is 3.33. The Morgan fingerprint density at radius 3 is 2.88 bits per heavy atom. The summed E-state index contributed by atoms with van der Waals surface area (Å²) in [4.78, 5) is 11.4. The highest BCUT2D eigenvalue weighted by Gasteiger charge is 2.43. The first-order chi connectivity index (χ1) is 8.02. The molecular weight excluding hydrogens is 238 g/mol. The Morgan fingerprint density at radius 1 is 1.53 bits per heavy atom. The van der Waals surface area contributed by atoms with Gasteiger partial charge >= 0.3 is 5.97 Å². The van der Waals surface area contributed by atoms with E-state index in [1.54, 1.807) is 0 Å². The molecule has 94 valence electrons. The fraction of sp³-hybridized carbons (Fsp3) is 0.727. The van der Waals surface area contributed by atoms with Crippen molar-refractivity contribution in [2.24, 2.45) is 5.41 Å². The molecule has 2 unspecified atom stereocenters. The molecule has 0 amide bonds. The van der Waals surface area contributed by atoms with E-state index in [1.165, 1.54) is 11.3 Å². The topological polar surface area (TPSA) is 75.1 Å². The fourth-order valence-electron chi connectivity index (χ4n) is 2.32. The number of carbonyl (C=O) groups is 1. The van der Waals surface area contributed by atoms with Gasteiger partial charge in [-0.05, 0) is 26.7 Å². The van der Waals surface area contributed by atoms with Crippen molar-refractivity contribution in [1.29, 1.82) is 0 Å². The van der Waals surface area contributed by atoms with E-state index in [0.29, 0.717) is 0 Å². The lowest BCUT2D eigenvalue weighted by molar-refractivity contribution is -0.150. The second kappa shape index (κ2) is 4.60.